The van der Waals surface area contributed by atoms with E-state index in [1.807, 2.05) is 6.26 Å². The molecule has 0 atom stereocenters. The number of nitrogens with zero attached hydrogens (tertiary/aromatic N) is 1. The van der Waals surface area contributed by atoms with E-state index < -0.39 is 26.0 Å². The molecule has 0 fully saturated rings. The van der Waals surface area contributed by atoms with Crippen molar-refractivity contribution in [3.63, 3.8) is 0 Å². The maximum absolute atomic E-state index is 12.5. The minimum atomic E-state index is -4.53. The second kappa shape index (κ2) is 8.01. The summed E-state index contributed by atoms with van der Waals surface area (Å²) in [5, 5.41) is 0. The minimum Gasteiger partial charge on any atom is -0.726 e. The van der Waals surface area contributed by atoms with Gasteiger partial charge in [-0.25, -0.2) is 16.8 Å². The monoisotopic (exact) mass is 421 g/mol. The first kappa shape index (κ1) is 21.2. The van der Waals surface area contributed by atoms with Gasteiger partial charge in [0.15, 0.2) is 0 Å². The van der Waals surface area contributed by atoms with Crippen molar-refractivity contribution in [2.24, 2.45) is 7.05 Å². The summed E-state index contributed by atoms with van der Waals surface area (Å²) in [5.41, 5.74) is 0.645. The number of benzene rings is 1. The van der Waals surface area contributed by atoms with Crippen LogP contribution in [0, 0.1) is 0 Å². The standard InChI is InChI=1S/C10H10F2NO2S3.CH4O4S/c1-13-7-5-6(18(14,15)9(11)12)3-4-8(7)17-10(13)16-2;1-5-6(2,3)4/h3-5,9H,1-2H3;1H3,(H,2,3,4)/q+1;/p-1. The third kappa shape index (κ3) is 5.07. The van der Waals surface area contributed by atoms with E-state index in [1.165, 1.54) is 35.2 Å². The predicted octanol–water partition coefficient (Wildman–Crippen LogP) is 1.54. The Morgan fingerprint density at radius 3 is 2.25 bits per heavy atom. The van der Waals surface area contributed by atoms with Crippen molar-refractivity contribution in [3.8, 4) is 0 Å². The number of thiazole rings is 1. The zero-order valence-electron chi connectivity index (χ0n) is 12.6. The number of fused-ring (bicyclic) bond motifs is 1. The largest absolute Gasteiger partial charge is 0.726 e. The molecule has 136 valence electrons. The van der Waals surface area contributed by atoms with Gasteiger partial charge in [-0.1, -0.05) is 11.3 Å². The fraction of sp³-hybridized carbons (Fsp3) is 0.364. The fourth-order valence-corrected chi connectivity index (χ4v) is 4.14. The zero-order chi connectivity index (χ0) is 18.7. The summed E-state index contributed by atoms with van der Waals surface area (Å²) in [4.78, 5) is -0.342. The van der Waals surface area contributed by atoms with E-state index in [1.54, 1.807) is 17.7 Å². The van der Waals surface area contributed by atoms with Crippen molar-refractivity contribution in [2.75, 3.05) is 13.4 Å². The first-order valence-corrected chi connectivity index (χ1v) is 10.9. The molecular weight excluding hydrogens is 408 g/mol. The van der Waals surface area contributed by atoms with Gasteiger partial charge in [-0.15, -0.1) is 0 Å². The molecule has 0 aliphatic heterocycles. The van der Waals surface area contributed by atoms with Crippen LogP contribution in [0.25, 0.3) is 10.2 Å². The Kier molecular flexibility index (Phi) is 7.07. The van der Waals surface area contributed by atoms with Crippen LogP contribution in [0.3, 0.4) is 0 Å². The van der Waals surface area contributed by atoms with E-state index in [0.717, 1.165) is 16.1 Å². The lowest BCUT2D eigenvalue weighted by Crippen LogP contribution is -2.28. The fourth-order valence-electron chi connectivity index (χ4n) is 1.56. The highest BCUT2D eigenvalue weighted by molar-refractivity contribution is 8.00. The van der Waals surface area contributed by atoms with E-state index in [0.29, 0.717) is 5.52 Å². The predicted molar refractivity (Wildman–Crippen MR) is 84.7 cm³/mol. The highest BCUT2D eigenvalue weighted by atomic mass is 32.3. The number of sulfone groups is 1. The molecule has 0 saturated heterocycles. The summed E-state index contributed by atoms with van der Waals surface area (Å²) in [6, 6.07) is 4.09. The van der Waals surface area contributed by atoms with Gasteiger partial charge in [0.2, 0.25) is 25.8 Å². The summed E-state index contributed by atoms with van der Waals surface area (Å²) in [7, 11) is -6.35. The van der Waals surface area contributed by atoms with Gasteiger partial charge < -0.3 is 4.55 Å². The van der Waals surface area contributed by atoms with Gasteiger partial charge in [-0.2, -0.15) is 13.3 Å². The van der Waals surface area contributed by atoms with E-state index in [2.05, 4.69) is 4.18 Å². The Bertz CT molecular complexity index is 923. The molecule has 0 N–H and O–H groups in total. The van der Waals surface area contributed by atoms with Crippen LogP contribution in [-0.2, 0) is 31.5 Å². The van der Waals surface area contributed by atoms with Crippen LogP contribution in [0.2, 0.25) is 0 Å². The highest BCUT2D eigenvalue weighted by Gasteiger charge is 2.28. The number of halogens is 2. The van der Waals surface area contributed by atoms with Crippen LogP contribution in [0.5, 0.6) is 0 Å². The molecule has 1 heterocycles. The van der Waals surface area contributed by atoms with Crippen LogP contribution in [0.15, 0.2) is 27.4 Å². The molecule has 24 heavy (non-hydrogen) atoms. The average molecular weight is 421 g/mol. The van der Waals surface area contributed by atoms with Gasteiger partial charge in [0, 0.05) is 6.07 Å². The Morgan fingerprint density at radius 2 is 1.83 bits per heavy atom. The maximum Gasteiger partial charge on any atom is 0.341 e. The van der Waals surface area contributed by atoms with E-state index >= 15 is 0 Å². The molecule has 0 bridgehead atoms. The van der Waals surface area contributed by atoms with Gasteiger partial charge in [0.1, 0.15) is 11.7 Å². The topological polar surface area (TPSA) is 104 Å². The molecule has 1 aromatic carbocycles. The van der Waals surface area contributed by atoms with Crippen LogP contribution in [-0.4, -0.2) is 40.5 Å². The lowest BCUT2D eigenvalue weighted by atomic mass is 10.3. The van der Waals surface area contributed by atoms with Gasteiger partial charge in [0.05, 0.1) is 12.0 Å². The molecule has 0 unspecified atom stereocenters. The molecule has 2 rings (SSSR count). The molecule has 0 aliphatic rings. The average Bonchev–Trinajstić information content (AvgIpc) is 2.83. The van der Waals surface area contributed by atoms with Crippen molar-refractivity contribution in [1.29, 1.82) is 0 Å². The second-order valence-electron chi connectivity index (χ2n) is 4.14. The number of alkyl halides is 2. The van der Waals surface area contributed by atoms with Gasteiger partial charge >= 0.3 is 5.76 Å². The van der Waals surface area contributed by atoms with Crippen molar-refractivity contribution in [1.82, 2.24) is 0 Å². The van der Waals surface area contributed by atoms with Crippen molar-refractivity contribution < 1.29 is 38.9 Å². The summed E-state index contributed by atoms with van der Waals surface area (Å²) in [5.74, 6) is -3.39. The lowest BCUT2D eigenvalue weighted by Gasteiger charge is -2.01. The second-order valence-corrected chi connectivity index (χ2v) is 9.29. The van der Waals surface area contributed by atoms with Crippen molar-refractivity contribution in [3.05, 3.63) is 18.2 Å². The third-order valence-electron chi connectivity index (χ3n) is 2.70. The van der Waals surface area contributed by atoms with Crippen LogP contribution in [0.4, 0.5) is 8.78 Å². The highest BCUT2D eigenvalue weighted by Crippen LogP contribution is 2.29. The molecule has 0 spiro atoms. The Morgan fingerprint density at radius 1 is 1.29 bits per heavy atom. The molecule has 13 heteroatoms. The van der Waals surface area contributed by atoms with Gasteiger partial charge in [0.25, 0.3) is 4.34 Å². The SMILES string of the molecule is COS(=O)(=O)[O-].CSc1sc2ccc(S(=O)(=O)C(F)F)cc2[n+]1C. The first-order chi connectivity index (χ1) is 10.9. The summed E-state index contributed by atoms with van der Waals surface area (Å²) in [6.07, 6.45) is 1.90. The van der Waals surface area contributed by atoms with Crippen LogP contribution >= 0.6 is 23.1 Å². The van der Waals surface area contributed by atoms with E-state index in [4.69, 9.17) is 0 Å². The summed E-state index contributed by atoms with van der Waals surface area (Å²) in [6.45, 7) is 0. The third-order valence-corrected chi connectivity index (χ3v) is 6.88. The zero-order valence-corrected chi connectivity index (χ0v) is 15.9. The minimum absolute atomic E-state index is 0.342. The first-order valence-electron chi connectivity index (χ1n) is 5.94. The number of aromatic nitrogens is 1. The van der Waals surface area contributed by atoms with Crippen LogP contribution in [0.1, 0.15) is 0 Å². The van der Waals surface area contributed by atoms with E-state index in [9.17, 15) is 30.2 Å². The number of rotatable bonds is 4. The Labute approximate surface area is 146 Å². The summed E-state index contributed by atoms with van der Waals surface area (Å²) < 4.78 is 82.4. The molecule has 0 aliphatic carbocycles. The molecule has 0 radical (unpaired) electrons. The van der Waals surface area contributed by atoms with Gasteiger partial charge in [-0.3, -0.25) is 4.18 Å². The smallest absolute Gasteiger partial charge is 0.341 e. The molecule has 0 amide bonds. The molecule has 1 aromatic heterocycles. The Balaban J connectivity index is 0.000000413. The van der Waals surface area contributed by atoms with Crippen LogP contribution < -0.4 is 4.57 Å². The number of hydrogen-bond donors (Lipinski definition) is 0. The molecule has 7 nitrogen and oxygen atoms in total. The summed E-state index contributed by atoms with van der Waals surface area (Å²) >= 11 is 3.02. The molecular formula is C11H13F2NO6S4. The number of thioether (sulfide) groups is 1. The van der Waals surface area contributed by atoms with Crippen molar-refractivity contribution >= 4 is 53.6 Å². The lowest BCUT2D eigenvalue weighted by molar-refractivity contribution is -0.676. The normalized spacial score (nSPS) is 12.3. The maximum atomic E-state index is 12.5. The quantitative estimate of drug-likeness (QED) is 0.319. The van der Waals surface area contributed by atoms with E-state index in [-0.39, 0.29) is 4.90 Å². The van der Waals surface area contributed by atoms with Crippen molar-refractivity contribution in [2.45, 2.75) is 15.0 Å². The molecule has 2 aromatic rings. The van der Waals surface area contributed by atoms with Gasteiger partial charge in [-0.05, 0) is 30.2 Å². The Hall–Kier alpha value is -0.860. The number of aryl methyl sites for hydroxylation is 1. The number of hydrogen-bond acceptors (Lipinski definition) is 8. The molecule has 0 saturated carbocycles.